The topological polar surface area (TPSA) is 66.4 Å². The molecule has 136 valence electrons. The number of carbonyl (C=O) groups excluding carboxylic acids is 1. The third-order valence-corrected chi connectivity index (χ3v) is 4.40. The fraction of sp³-hybridized carbons (Fsp3) is 0. The largest absolute Gasteiger partial charge is 0.478 e. The summed E-state index contributed by atoms with van der Waals surface area (Å²) in [6.07, 6.45) is 0. The van der Waals surface area contributed by atoms with Crippen molar-refractivity contribution in [3.63, 3.8) is 0 Å². The fourth-order valence-electron chi connectivity index (χ4n) is 2.52. The lowest BCUT2D eigenvalue weighted by Gasteiger charge is -2.12. The molecule has 0 saturated heterocycles. The summed E-state index contributed by atoms with van der Waals surface area (Å²) in [6, 6.07) is 14.6. The third kappa shape index (κ3) is 4.27. The molecule has 2 N–H and O–H groups in total. The van der Waals surface area contributed by atoms with Gasteiger partial charge in [0, 0.05) is 5.02 Å². The van der Waals surface area contributed by atoms with E-state index in [2.05, 4.69) is 5.32 Å². The Morgan fingerprint density at radius 3 is 2.15 bits per heavy atom. The first-order valence-corrected chi connectivity index (χ1v) is 8.50. The molecule has 3 aromatic rings. The lowest BCUT2D eigenvalue weighted by molar-refractivity contribution is 0.0698. The monoisotopic (exact) mass is 403 g/mol. The van der Waals surface area contributed by atoms with E-state index in [4.69, 9.17) is 23.2 Å². The van der Waals surface area contributed by atoms with Gasteiger partial charge < -0.3 is 10.4 Å². The zero-order chi connectivity index (χ0) is 19.6. The molecule has 0 spiro atoms. The first-order chi connectivity index (χ1) is 12.8. The summed E-state index contributed by atoms with van der Waals surface area (Å²) >= 11 is 11.8. The van der Waals surface area contributed by atoms with E-state index >= 15 is 0 Å². The average molecular weight is 404 g/mol. The summed E-state index contributed by atoms with van der Waals surface area (Å²) < 4.78 is 13.1. The van der Waals surface area contributed by atoms with Crippen LogP contribution in [0, 0.1) is 5.82 Å². The summed E-state index contributed by atoms with van der Waals surface area (Å²) in [5, 5.41) is 12.6. The van der Waals surface area contributed by atoms with Crippen molar-refractivity contribution in [2.75, 3.05) is 5.32 Å². The molecule has 0 heterocycles. The lowest BCUT2D eigenvalue weighted by Crippen LogP contribution is -2.15. The number of carbonyl (C=O) groups is 2. The number of aromatic carboxylic acids is 1. The van der Waals surface area contributed by atoms with Gasteiger partial charge in [0.25, 0.3) is 5.91 Å². The zero-order valence-corrected chi connectivity index (χ0v) is 15.2. The molecule has 0 bridgehead atoms. The maximum atomic E-state index is 13.1. The molecule has 0 radical (unpaired) electrons. The van der Waals surface area contributed by atoms with Crippen molar-refractivity contribution in [1.82, 2.24) is 0 Å². The van der Waals surface area contributed by atoms with Gasteiger partial charge in [-0.25, -0.2) is 9.18 Å². The van der Waals surface area contributed by atoms with Crippen LogP contribution in [0.5, 0.6) is 0 Å². The third-order valence-electron chi connectivity index (χ3n) is 3.85. The molecule has 0 aliphatic carbocycles. The minimum absolute atomic E-state index is 0.102. The molecule has 4 nitrogen and oxygen atoms in total. The summed E-state index contributed by atoms with van der Waals surface area (Å²) in [6.45, 7) is 0. The van der Waals surface area contributed by atoms with Crippen LogP contribution in [0.4, 0.5) is 10.1 Å². The van der Waals surface area contributed by atoms with Crippen LogP contribution < -0.4 is 5.32 Å². The molecule has 7 heteroatoms. The van der Waals surface area contributed by atoms with Crippen LogP contribution in [0.3, 0.4) is 0 Å². The first-order valence-electron chi connectivity index (χ1n) is 7.75. The molecule has 1 amide bonds. The smallest absolute Gasteiger partial charge is 0.337 e. The molecular weight excluding hydrogens is 392 g/mol. The molecular formula is C20H12Cl2FNO3. The highest BCUT2D eigenvalue weighted by Gasteiger charge is 2.17. The highest BCUT2D eigenvalue weighted by atomic mass is 35.5. The van der Waals surface area contributed by atoms with Crippen molar-refractivity contribution in [2.45, 2.75) is 0 Å². The van der Waals surface area contributed by atoms with E-state index in [0.29, 0.717) is 16.1 Å². The van der Waals surface area contributed by atoms with Gasteiger partial charge in [0.05, 0.1) is 21.8 Å². The number of anilines is 1. The minimum atomic E-state index is -1.21. The zero-order valence-electron chi connectivity index (χ0n) is 13.7. The van der Waals surface area contributed by atoms with Gasteiger partial charge in [0.2, 0.25) is 0 Å². The molecule has 0 aromatic heterocycles. The summed E-state index contributed by atoms with van der Waals surface area (Å²) in [4.78, 5) is 24.1. The number of amides is 1. The van der Waals surface area contributed by atoms with Gasteiger partial charge in [0.1, 0.15) is 5.82 Å². The Morgan fingerprint density at radius 1 is 0.852 bits per heavy atom. The Kier molecular flexibility index (Phi) is 5.44. The van der Waals surface area contributed by atoms with E-state index < -0.39 is 11.9 Å². The molecule has 0 aliphatic rings. The standard InChI is InChI=1S/C20H12Cl2FNO3/c21-13-4-7-15(17(22)10-13)19(25)24-18-8-3-12(9-16(18)20(26)27)11-1-5-14(23)6-2-11/h1-10H,(H,24,25)(H,26,27). The first kappa shape index (κ1) is 18.9. The molecule has 3 aromatic carbocycles. The maximum absolute atomic E-state index is 13.1. The highest BCUT2D eigenvalue weighted by molar-refractivity contribution is 6.37. The number of halogens is 3. The molecule has 0 atom stereocenters. The van der Waals surface area contributed by atoms with Crippen molar-refractivity contribution in [1.29, 1.82) is 0 Å². The lowest BCUT2D eigenvalue weighted by atomic mass is 10.0. The van der Waals surface area contributed by atoms with E-state index in [1.165, 1.54) is 42.5 Å². The van der Waals surface area contributed by atoms with E-state index in [-0.39, 0.29) is 27.7 Å². The molecule has 0 saturated carbocycles. The summed E-state index contributed by atoms with van der Waals surface area (Å²) in [7, 11) is 0. The number of carboxylic acid groups (broad SMARTS) is 1. The molecule has 0 aliphatic heterocycles. The minimum Gasteiger partial charge on any atom is -0.478 e. The quantitative estimate of drug-likeness (QED) is 0.582. The molecule has 3 rings (SSSR count). The van der Waals surface area contributed by atoms with E-state index in [1.54, 1.807) is 18.2 Å². The van der Waals surface area contributed by atoms with Crippen molar-refractivity contribution >= 4 is 40.8 Å². The number of hydrogen-bond acceptors (Lipinski definition) is 2. The highest BCUT2D eigenvalue weighted by Crippen LogP contribution is 2.27. The number of rotatable bonds is 4. The SMILES string of the molecule is O=C(Nc1ccc(-c2ccc(F)cc2)cc1C(=O)O)c1ccc(Cl)cc1Cl. The predicted molar refractivity (Wildman–Crippen MR) is 103 cm³/mol. The van der Waals surface area contributed by atoms with Crippen LogP contribution in [-0.4, -0.2) is 17.0 Å². The summed E-state index contributed by atoms with van der Waals surface area (Å²) in [5.74, 6) is -2.16. The number of carboxylic acids is 1. The Hall–Kier alpha value is -2.89. The Bertz CT molecular complexity index is 1040. The second-order valence-corrected chi connectivity index (χ2v) is 6.49. The van der Waals surface area contributed by atoms with Crippen LogP contribution in [0.1, 0.15) is 20.7 Å². The second-order valence-electron chi connectivity index (χ2n) is 5.65. The molecule has 0 fully saturated rings. The van der Waals surface area contributed by atoms with Crippen LogP contribution in [-0.2, 0) is 0 Å². The fourth-order valence-corrected chi connectivity index (χ4v) is 3.01. The van der Waals surface area contributed by atoms with Crippen molar-refractivity contribution in [3.8, 4) is 11.1 Å². The average Bonchev–Trinajstić information content (AvgIpc) is 2.62. The number of hydrogen-bond donors (Lipinski definition) is 2. The normalized spacial score (nSPS) is 10.5. The van der Waals surface area contributed by atoms with Crippen LogP contribution in [0.2, 0.25) is 10.0 Å². The Labute approximate surface area is 164 Å². The van der Waals surface area contributed by atoms with Gasteiger partial charge in [-0.1, -0.05) is 41.4 Å². The van der Waals surface area contributed by atoms with E-state index in [9.17, 15) is 19.1 Å². The van der Waals surface area contributed by atoms with Gasteiger partial charge in [-0.3, -0.25) is 4.79 Å². The van der Waals surface area contributed by atoms with Crippen molar-refractivity contribution < 1.29 is 19.1 Å². The number of benzene rings is 3. The van der Waals surface area contributed by atoms with Crippen LogP contribution >= 0.6 is 23.2 Å². The van der Waals surface area contributed by atoms with Gasteiger partial charge in [-0.15, -0.1) is 0 Å². The molecule has 0 unspecified atom stereocenters. The van der Waals surface area contributed by atoms with E-state index in [1.807, 2.05) is 0 Å². The maximum Gasteiger partial charge on any atom is 0.337 e. The summed E-state index contributed by atoms with van der Waals surface area (Å²) in [5.41, 5.74) is 1.41. The van der Waals surface area contributed by atoms with Crippen molar-refractivity contribution in [3.05, 3.63) is 87.7 Å². The Morgan fingerprint density at radius 2 is 1.52 bits per heavy atom. The van der Waals surface area contributed by atoms with Crippen LogP contribution in [0.15, 0.2) is 60.7 Å². The second kappa shape index (κ2) is 7.78. The van der Waals surface area contributed by atoms with Gasteiger partial charge >= 0.3 is 5.97 Å². The van der Waals surface area contributed by atoms with Gasteiger partial charge in [0.15, 0.2) is 0 Å². The number of nitrogens with one attached hydrogen (secondary N) is 1. The Balaban J connectivity index is 1.94. The predicted octanol–water partition coefficient (Wildman–Crippen LogP) is 5.75. The van der Waals surface area contributed by atoms with Crippen LogP contribution in [0.25, 0.3) is 11.1 Å². The van der Waals surface area contributed by atoms with Crippen molar-refractivity contribution in [2.24, 2.45) is 0 Å². The van der Waals surface area contributed by atoms with E-state index in [0.717, 1.165) is 0 Å². The van der Waals surface area contributed by atoms with Gasteiger partial charge in [-0.2, -0.15) is 0 Å². The van der Waals surface area contributed by atoms with Gasteiger partial charge in [-0.05, 0) is 53.6 Å². The molecule has 27 heavy (non-hydrogen) atoms.